The lowest BCUT2D eigenvalue weighted by atomic mass is 9.94. The summed E-state index contributed by atoms with van der Waals surface area (Å²) in [7, 11) is 0. The Bertz CT molecular complexity index is 543. The van der Waals surface area contributed by atoms with Crippen molar-refractivity contribution in [1.82, 2.24) is 9.78 Å². The van der Waals surface area contributed by atoms with E-state index in [9.17, 15) is 0 Å². The molecule has 1 unspecified atom stereocenters. The number of hydrogen-bond donors (Lipinski definition) is 1. The number of nitrogens with zero attached hydrogens (tertiary/aromatic N) is 2. The Morgan fingerprint density at radius 3 is 2.38 bits per heavy atom. The van der Waals surface area contributed by atoms with E-state index in [0.29, 0.717) is 18.5 Å². The number of nitrogens with two attached hydrogens (primary N) is 1. The first-order chi connectivity index (χ1) is 10.2. The second-order valence-electron chi connectivity index (χ2n) is 5.45. The molecule has 0 aliphatic carbocycles. The van der Waals surface area contributed by atoms with Gasteiger partial charge in [0.25, 0.3) is 0 Å². The Morgan fingerprint density at radius 1 is 1.14 bits per heavy atom. The summed E-state index contributed by atoms with van der Waals surface area (Å²) in [6.07, 6.45) is 5.22. The maximum absolute atomic E-state index is 5.96. The van der Waals surface area contributed by atoms with Gasteiger partial charge in [0.15, 0.2) is 0 Å². The van der Waals surface area contributed by atoms with Gasteiger partial charge >= 0.3 is 0 Å². The van der Waals surface area contributed by atoms with Crippen molar-refractivity contribution < 1.29 is 0 Å². The fourth-order valence-corrected chi connectivity index (χ4v) is 2.94. The molecule has 0 aliphatic rings. The zero-order valence-electron chi connectivity index (χ0n) is 12.8. The van der Waals surface area contributed by atoms with Crippen molar-refractivity contribution in [3.8, 4) is 0 Å². The molecule has 1 aromatic heterocycles. The first-order valence-electron chi connectivity index (χ1n) is 7.67. The van der Waals surface area contributed by atoms with Crippen molar-refractivity contribution >= 4 is 15.9 Å². The normalized spacial score (nSPS) is 12.8. The average molecular weight is 350 g/mol. The van der Waals surface area contributed by atoms with Gasteiger partial charge in [0.1, 0.15) is 0 Å². The van der Waals surface area contributed by atoms with Crippen molar-refractivity contribution in [2.75, 3.05) is 6.54 Å². The van der Waals surface area contributed by atoms with E-state index in [2.05, 4.69) is 71.0 Å². The summed E-state index contributed by atoms with van der Waals surface area (Å²) in [5, 5.41) is 4.73. The highest BCUT2D eigenvalue weighted by molar-refractivity contribution is 9.10. The first kappa shape index (κ1) is 16.2. The van der Waals surface area contributed by atoms with Gasteiger partial charge < -0.3 is 5.73 Å². The minimum Gasteiger partial charge on any atom is -0.330 e. The molecule has 0 saturated heterocycles. The van der Waals surface area contributed by atoms with Crippen LogP contribution >= 0.6 is 15.9 Å². The van der Waals surface area contributed by atoms with E-state index < -0.39 is 0 Å². The number of aromatic nitrogens is 2. The number of benzene rings is 1. The van der Waals surface area contributed by atoms with Gasteiger partial charge in [-0.15, -0.1) is 0 Å². The summed E-state index contributed by atoms with van der Waals surface area (Å²) in [6.45, 7) is 5.06. The molecule has 0 saturated carbocycles. The molecular formula is C17H24BrN3. The predicted molar refractivity (Wildman–Crippen MR) is 91.5 cm³/mol. The van der Waals surface area contributed by atoms with Gasteiger partial charge in [0.05, 0.1) is 11.7 Å². The molecule has 0 fully saturated rings. The minimum absolute atomic E-state index is 0.322. The monoisotopic (exact) mass is 349 g/mol. The lowest BCUT2D eigenvalue weighted by Crippen LogP contribution is -2.16. The lowest BCUT2D eigenvalue weighted by molar-refractivity contribution is 0.424. The average Bonchev–Trinajstić information content (AvgIpc) is 2.96. The van der Waals surface area contributed by atoms with Crippen LogP contribution in [-0.2, 0) is 6.42 Å². The second kappa shape index (κ2) is 7.76. The van der Waals surface area contributed by atoms with Crippen molar-refractivity contribution in [3.05, 3.63) is 52.3 Å². The third kappa shape index (κ3) is 4.17. The van der Waals surface area contributed by atoms with E-state index in [1.54, 1.807) is 0 Å². The predicted octanol–water partition coefficient (Wildman–Crippen LogP) is 4.29. The van der Waals surface area contributed by atoms with E-state index in [-0.39, 0.29) is 0 Å². The Balaban J connectivity index is 2.10. The number of rotatable bonds is 7. The summed E-state index contributed by atoms with van der Waals surface area (Å²) < 4.78 is 3.20. The molecule has 1 aromatic carbocycles. The maximum atomic E-state index is 5.96. The molecule has 2 rings (SSSR count). The summed E-state index contributed by atoms with van der Waals surface area (Å²) in [4.78, 5) is 0. The molecular weight excluding hydrogens is 326 g/mol. The molecule has 1 atom stereocenters. The molecule has 0 radical (unpaired) electrons. The van der Waals surface area contributed by atoms with Crippen LogP contribution in [0, 0.1) is 0 Å². The topological polar surface area (TPSA) is 43.8 Å². The van der Waals surface area contributed by atoms with Crippen LogP contribution in [0.1, 0.15) is 49.9 Å². The zero-order chi connectivity index (χ0) is 15.2. The fourth-order valence-electron chi connectivity index (χ4n) is 2.68. The van der Waals surface area contributed by atoms with E-state index >= 15 is 0 Å². The molecule has 0 aliphatic heterocycles. The van der Waals surface area contributed by atoms with E-state index in [1.807, 2.05) is 0 Å². The molecule has 0 bridgehead atoms. The number of halogens is 1. The van der Waals surface area contributed by atoms with Crippen molar-refractivity contribution in [2.45, 2.75) is 45.1 Å². The highest BCUT2D eigenvalue weighted by Gasteiger charge is 2.14. The summed E-state index contributed by atoms with van der Waals surface area (Å²) in [5.74, 6) is 0.322. The van der Waals surface area contributed by atoms with Crippen LogP contribution in [0.2, 0.25) is 0 Å². The Kier molecular flexibility index (Phi) is 6.00. The molecule has 1 heterocycles. The summed E-state index contributed by atoms with van der Waals surface area (Å²) in [6, 6.07) is 11.0. The van der Waals surface area contributed by atoms with Crippen LogP contribution in [-0.4, -0.2) is 16.3 Å². The molecule has 0 amide bonds. The maximum Gasteiger partial charge on any atom is 0.0631 e. The molecule has 0 spiro atoms. The third-order valence-electron chi connectivity index (χ3n) is 4.06. The Hall–Kier alpha value is -1.13. The molecule has 2 aromatic rings. The van der Waals surface area contributed by atoms with Crippen molar-refractivity contribution in [3.63, 3.8) is 0 Å². The molecule has 21 heavy (non-hydrogen) atoms. The number of hydrogen-bond acceptors (Lipinski definition) is 2. The molecule has 114 valence electrons. The lowest BCUT2D eigenvalue weighted by Gasteiger charge is -2.15. The van der Waals surface area contributed by atoms with Gasteiger partial charge in [0, 0.05) is 16.6 Å². The van der Waals surface area contributed by atoms with Gasteiger partial charge in [-0.3, -0.25) is 4.68 Å². The first-order valence-corrected chi connectivity index (χ1v) is 8.46. The highest BCUT2D eigenvalue weighted by atomic mass is 79.9. The van der Waals surface area contributed by atoms with Gasteiger partial charge in [-0.25, -0.2) is 0 Å². The summed E-state index contributed by atoms with van der Waals surface area (Å²) in [5.41, 5.74) is 8.36. The Labute approximate surface area is 135 Å². The highest BCUT2D eigenvalue weighted by Crippen LogP contribution is 2.22. The van der Waals surface area contributed by atoms with Gasteiger partial charge in [0.2, 0.25) is 0 Å². The fraction of sp³-hybridized carbons (Fsp3) is 0.471. The van der Waals surface area contributed by atoms with Crippen LogP contribution in [0.25, 0.3) is 0 Å². The third-order valence-corrected chi connectivity index (χ3v) is 4.59. The van der Waals surface area contributed by atoms with Crippen LogP contribution in [0.4, 0.5) is 0 Å². The van der Waals surface area contributed by atoms with E-state index in [0.717, 1.165) is 29.4 Å². The van der Waals surface area contributed by atoms with Crippen LogP contribution in [0.15, 0.2) is 41.0 Å². The molecule has 3 nitrogen and oxygen atoms in total. The van der Waals surface area contributed by atoms with Gasteiger partial charge in [-0.05, 0) is 49.6 Å². The SMILES string of the molecule is CCC(CC)n1ccc(CC(CN)c2ccc(Br)cc2)n1. The van der Waals surface area contributed by atoms with Crippen molar-refractivity contribution in [1.29, 1.82) is 0 Å². The van der Waals surface area contributed by atoms with Crippen LogP contribution < -0.4 is 5.73 Å². The molecule has 2 N–H and O–H groups in total. The van der Waals surface area contributed by atoms with E-state index in [4.69, 9.17) is 10.8 Å². The standard InChI is InChI=1S/C17H24BrN3/c1-3-17(4-2)21-10-9-16(20-21)11-14(12-19)13-5-7-15(18)8-6-13/h5-10,14,17H,3-4,11-12,19H2,1-2H3. The largest absolute Gasteiger partial charge is 0.330 e. The smallest absolute Gasteiger partial charge is 0.0631 e. The van der Waals surface area contributed by atoms with Gasteiger partial charge in [-0.1, -0.05) is 41.9 Å². The van der Waals surface area contributed by atoms with Crippen LogP contribution in [0.3, 0.4) is 0 Å². The quantitative estimate of drug-likeness (QED) is 0.809. The summed E-state index contributed by atoms with van der Waals surface area (Å²) >= 11 is 3.47. The van der Waals surface area contributed by atoms with Crippen LogP contribution in [0.5, 0.6) is 0 Å². The Morgan fingerprint density at radius 2 is 1.81 bits per heavy atom. The van der Waals surface area contributed by atoms with Crippen molar-refractivity contribution in [2.24, 2.45) is 5.73 Å². The second-order valence-corrected chi connectivity index (χ2v) is 6.36. The molecule has 4 heteroatoms. The van der Waals surface area contributed by atoms with E-state index in [1.165, 1.54) is 5.56 Å². The van der Waals surface area contributed by atoms with Gasteiger partial charge in [-0.2, -0.15) is 5.10 Å². The zero-order valence-corrected chi connectivity index (χ0v) is 14.4. The minimum atomic E-state index is 0.322.